The first-order valence-electron chi connectivity index (χ1n) is 7.02. The van der Waals surface area contributed by atoms with Crippen LogP contribution in [0.25, 0.3) is 11.4 Å². The quantitative estimate of drug-likeness (QED) is 0.721. The zero-order valence-corrected chi connectivity index (χ0v) is 12.4. The van der Waals surface area contributed by atoms with E-state index < -0.39 is 0 Å². The van der Waals surface area contributed by atoms with E-state index >= 15 is 0 Å². The average molecular weight is 286 g/mol. The van der Waals surface area contributed by atoms with Gasteiger partial charge in [0.05, 0.1) is 17.5 Å². The Hall–Kier alpha value is -2.37. The van der Waals surface area contributed by atoms with Crippen molar-refractivity contribution in [3.8, 4) is 11.4 Å². The lowest BCUT2D eigenvalue weighted by atomic mass is 10.1. The van der Waals surface area contributed by atoms with Crippen molar-refractivity contribution in [2.45, 2.75) is 32.6 Å². The molecule has 0 aromatic carbocycles. The van der Waals surface area contributed by atoms with Gasteiger partial charge in [-0.05, 0) is 18.1 Å². The molecule has 3 aromatic heterocycles. The molecular formula is C15H18N4O2. The number of aryl methyl sites for hydroxylation is 3. The molecule has 0 aliphatic carbocycles. The van der Waals surface area contributed by atoms with Gasteiger partial charge < -0.3 is 8.94 Å². The van der Waals surface area contributed by atoms with Gasteiger partial charge in [-0.15, -0.1) is 0 Å². The van der Waals surface area contributed by atoms with Crippen molar-refractivity contribution in [2.75, 3.05) is 0 Å². The third-order valence-corrected chi connectivity index (χ3v) is 3.28. The van der Waals surface area contributed by atoms with Crippen LogP contribution in [0, 0.1) is 0 Å². The minimum atomic E-state index is 0.311. The van der Waals surface area contributed by atoms with Crippen molar-refractivity contribution < 1.29 is 8.94 Å². The molecule has 0 amide bonds. The van der Waals surface area contributed by atoms with Crippen LogP contribution >= 0.6 is 0 Å². The van der Waals surface area contributed by atoms with E-state index in [2.05, 4.69) is 29.1 Å². The molecule has 6 nitrogen and oxygen atoms in total. The van der Waals surface area contributed by atoms with Gasteiger partial charge in [0.1, 0.15) is 5.76 Å². The second-order valence-electron chi connectivity index (χ2n) is 5.35. The molecule has 21 heavy (non-hydrogen) atoms. The molecule has 110 valence electrons. The Labute approximate surface area is 122 Å². The van der Waals surface area contributed by atoms with Gasteiger partial charge in [-0.2, -0.15) is 10.1 Å². The summed E-state index contributed by atoms with van der Waals surface area (Å²) < 4.78 is 12.4. The standard InChI is InChI=1S/C15H18N4O2/c1-10(2)14-12(9-19(3)17-14)15-16-13(21-18-15)7-6-11-5-4-8-20-11/h4-5,8-10H,6-7H2,1-3H3. The minimum Gasteiger partial charge on any atom is -0.469 e. The largest absolute Gasteiger partial charge is 0.469 e. The van der Waals surface area contributed by atoms with E-state index in [1.54, 1.807) is 10.9 Å². The number of furan rings is 1. The SMILES string of the molecule is CC(C)c1nn(C)cc1-c1noc(CCc2ccco2)n1. The van der Waals surface area contributed by atoms with Crippen molar-refractivity contribution in [2.24, 2.45) is 7.05 Å². The maximum atomic E-state index is 5.32. The molecule has 0 N–H and O–H groups in total. The Kier molecular flexibility index (Phi) is 3.60. The number of nitrogens with zero attached hydrogens (tertiary/aromatic N) is 4. The zero-order valence-electron chi connectivity index (χ0n) is 12.4. The Morgan fingerprint density at radius 1 is 1.29 bits per heavy atom. The molecule has 0 bridgehead atoms. The van der Waals surface area contributed by atoms with Crippen LogP contribution in [0.4, 0.5) is 0 Å². The zero-order chi connectivity index (χ0) is 14.8. The summed E-state index contributed by atoms with van der Waals surface area (Å²) in [7, 11) is 1.90. The normalized spacial score (nSPS) is 11.4. The van der Waals surface area contributed by atoms with E-state index in [9.17, 15) is 0 Å². The lowest BCUT2D eigenvalue weighted by Crippen LogP contribution is -1.94. The van der Waals surface area contributed by atoms with Gasteiger partial charge in [-0.3, -0.25) is 4.68 Å². The van der Waals surface area contributed by atoms with Crippen molar-refractivity contribution >= 4 is 0 Å². The molecule has 0 saturated heterocycles. The van der Waals surface area contributed by atoms with E-state index in [0.717, 1.165) is 23.4 Å². The van der Waals surface area contributed by atoms with Gasteiger partial charge in [0.15, 0.2) is 0 Å². The van der Waals surface area contributed by atoms with Gasteiger partial charge in [-0.1, -0.05) is 19.0 Å². The summed E-state index contributed by atoms with van der Waals surface area (Å²) in [5, 5.41) is 8.54. The van der Waals surface area contributed by atoms with Crippen molar-refractivity contribution in [3.05, 3.63) is 41.9 Å². The minimum absolute atomic E-state index is 0.311. The lowest BCUT2D eigenvalue weighted by molar-refractivity contribution is 0.374. The Morgan fingerprint density at radius 3 is 2.86 bits per heavy atom. The monoisotopic (exact) mass is 286 g/mol. The molecule has 0 aliphatic heterocycles. The van der Waals surface area contributed by atoms with Crippen LogP contribution in [0.3, 0.4) is 0 Å². The molecule has 0 atom stereocenters. The van der Waals surface area contributed by atoms with Crippen molar-refractivity contribution in [1.29, 1.82) is 0 Å². The fraction of sp³-hybridized carbons (Fsp3) is 0.400. The fourth-order valence-electron chi connectivity index (χ4n) is 2.26. The van der Waals surface area contributed by atoms with Gasteiger partial charge in [-0.25, -0.2) is 0 Å². The number of hydrogen-bond donors (Lipinski definition) is 0. The van der Waals surface area contributed by atoms with Crippen molar-refractivity contribution in [3.63, 3.8) is 0 Å². The van der Waals surface area contributed by atoms with Crippen LogP contribution in [-0.2, 0) is 19.9 Å². The Bertz CT molecular complexity index is 710. The summed E-state index contributed by atoms with van der Waals surface area (Å²) in [6, 6.07) is 3.81. The molecule has 0 spiro atoms. The first kappa shape index (κ1) is 13.6. The van der Waals surface area contributed by atoms with E-state index in [-0.39, 0.29) is 0 Å². The van der Waals surface area contributed by atoms with Crippen LogP contribution in [-0.4, -0.2) is 19.9 Å². The highest BCUT2D eigenvalue weighted by atomic mass is 16.5. The molecular weight excluding hydrogens is 268 g/mol. The summed E-state index contributed by atoms with van der Waals surface area (Å²) in [6.07, 6.45) is 5.01. The predicted molar refractivity (Wildman–Crippen MR) is 76.7 cm³/mol. The van der Waals surface area contributed by atoms with E-state index in [1.807, 2.05) is 25.4 Å². The number of rotatable bonds is 5. The first-order valence-corrected chi connectivity index (χ1v) is 7.02. The maximum Gasteiger partial charge on any atom is 0.227 e. The van der Waals surface area contributed by atoms with Gasteiger partial charge >= 0.3 is 0 Å². The summed E-state index contributed by atoms with van der Waals surface area (Å²) in [5.41, 5.74) is 1.91. The lowest BCUT2D eigenvalue weighted by Gasteiger charge is -2.00. The first-order chi connectivity index (χ1) is 10.1. The van der Waals surface area contributed by atoms with Crippen LogP contribution in [0.1, 0.15) is 37.1 Å². The second-order valence-corrected chi connectivity index (χ2v) is 5.35. The molecule has 3 aromatic rings. The maximum absolute atomic E-state index is 5.32. The smallest absolute Gasteiger partial charge is 0.227 e. The highest BCUT2D eigenvalue weighted by molar-refractivity contribution is 5.57. The summed E-state index contributed by atoms with van der Waals surface area (Å²) in [4.78, 5) is 4.46. The van der Waals surface area contributed by atoms with Gasteiger partial charge in [0, 0.05) is 26.1 Å². The third kappa shape index (κ3) is 2.89. The van der Waals surface area contributed by atoms with E-state index in [4.69, 9.17) is 8.94 Å². The third-order valence-electron chi connectivity index (χ3n) is 3.28. The fourth-order valence-corrected chi connectivity index (χ4v) is 2.26. The summed E-state index contributed by atoms with van der Waals surface area (Å²) >= 11 is 0. The molecule has 3 heterocycles. The summed E-state index contributed by atoms with van der Waals surface area (Å²) in [6.45, 7) is 4.20. The van der Waals surface area contributed by atoms with Crippen LogP contribution < -0.4 is 0 Å². The topological polar surface area (TPSA) is 69.9 Å². The van der Waals surface area contributed by atoms with E-state index in [0.29, 0.717) is 24.1 Å². The number of aromatic nitrogens is 4. The molecule has 6 heteroatoms. The average Bonchev–Trinajstić information content (AvgIpc) is 3.16. The molecule has 0 unspecified atom stereocenters. The predicted octanol–water partition coefficient (Wildman–Crippen LogP) is 2.97. The summed E-state index contributed by atoms with van der Waals surface area (Å²) in [5.74, 6) is 2.44. The molecule has 0 fully saturated rings. The second kappa shape index (κ2) is 5.55. The molecule has 0 radical (unpaired) electrons. The molecule has 0 aliphatic rings. The highest BCUT2D eigenvalue weighted by Gasteiger charge is 2.18. The number of hydrogen-bond acceptors (Lipinski definition) is 5. The van der Waals surface area contributed by atoms with Gasteiger partial charge in [0.25, 0.3) is 0 Å². The highest BCUT2D eigenvalue weighted by Crippen LogP contribution is 2.25. The van der Waals surface area contributed by atoms with Crippen LogP contribution in [0.5, 0.6) is 0 Å². The Morgan fingerprint density at radius 2 is 2.14 bits per heavy atom. The Balaban J connectivity index is 1.78. The van der Waals surface area contributed by atoms with Gasteiger partial charge in [0.2, 0.25) is 11.7 Å². The van der Waals surface area contributed by atoms with Crippen LogP contribution in [0.15, 0.2) is 33.5 Å². The molecule has 0 saturated carbocycles. The van der Waals surface area contributed by atoms with Crippen molar-refractivity contribution in [1.82, 2.24) is 19.9 Å². The van der Waals surface area contributed by atoms with E-state index in [1.165, 1.54) is 0 Å². The molecule has 3 rings (SSSR count). The van der Waals surface area contributed by atoms with Crippen LogP contribution in [0.2, 0.25) is 0 Å².